The first-order valence-electron chi connectivity index (χ1n) is 5.52. The van der Waals surface area contributed by atoms with Crippen molar-refractivity contribution in [3.63, 3.8) is 0 Å². The van der Waals surface area contributed by atoms with Gasteiger partial charge in [0.25, 0.3) is 0 Å². The number of hydrogen-bond donors (Lipinski definition) is 1. The average molecular weight is 198 g/mol. The fourth-order valence-corrected chi connectivity index (χ4v) is 1.99. The van der Waals surface area contributed by atoms with Crippen molar-refractivity contribution >= 4 is 5.91 Å². The van der Waals surface area contributed by atoms with Crippen LogP contribution >= 0.6 is 0 Å². The number of piperidine rings is 1. The van der Waals surface area contributed by atoms with E-state index in [1.807, 2.05) is 14.1 Å². The van der Waals surface area contributed by atoms with E-state index < -0.39 is 0 Å². The van der Waals surface area contributed by atoms with Crippen LogP contribution in [0.1, 0.15) is 26.2 Å². The molecule has 3 nitrogen and oxygen atoms in total. The Morgan fingerprint density at radius 2 is 2.29 bits per heavy atom. The van der Waals surface area contributed by atoms with Crippen molar-refractivity contribution in [1.82, 2.24) is 10.2 Å². The summed E-state index contributed by atoms with van der Waals surface area (Å²) >= 11 is 0. The van der Waals surface area contributed by atoms with Gasteiger partial charge in [-0.3, -0.25) is 4.79 Å². The van der Waals surface area contributed by atoms with Crippen LogP contribution in [0, 0.1) is 11.8 Å². The van der Waals surface area contributed by atoms with Crippen LogP contribution in [0.5, 0.6) is 0 Å². The standard InChI is InChI=1S/C11H22N2O/c1-9(7-11(14)13(2)3)10-5-4-6-12-8-10/h9-10,12H,4-8H2,1-3H3/t9-,10-/m1/s1. The third kappa shape index (κ3) is 3.29. The van der Waals surface area contributed by atoms with E-state index in [1.165, 1.54) is 12.8 Å². The zero-order valence-electron chi connectivity index (χ0n) is 9.55. The molecule has 1 aliphatic heterocycles. The monoisotopic (exact) mass is 198 g/mol. The van der Waals surface area contributed by atoms with Gasteiger partial charge in [0.15, 0.2) is 0 Å². The van der Waals surface area contributed by atoms with Crippen molar-refractivity contribution < 1.29 is 4.79 Å². The second kappa shape index (κ2) is 5.35. The van der Waals surface area contributed by atoms with E-state index in [9.17, 15) is 4.79 Å². The van der Waals surface area contributed by atoms with E-state index in [0.29, 0.717) is 18.3 Å². The van der Waals surface area contributed by atoms with Gasteiger partial charge >= 0.3 is 0 Å². The van der Waals surface area contributed by atoms with Gasteiger partial charge in [0.05, 0.1) is 0 Å². The third-order valence-corrected chi connectivity index (χ3v) is 3.14. The van der Waals surface area contributed by atoms with Gasteiger partial charge in [-0.2, -0.15) is 0 Å². The molecule has 0 bridgehead atoms. The molecule has 1 aliphatic rings. The molecule has 14 heavy (non-hydrogen) atoms. The Labute approximate surface area is 86.9 Å². The Balaban J connectivity index is 2.32. The normalized spacial score (nSPS) is 24.4. The van der Waals surface area contributed by atoms with Crippen LogP contribution in [0.4, 0.5) is 0 Å². The zero-order chi connectivity index (χ0) is 10.6. The average Bonchev–Trinajstić information content (AvgIpc) is 2.19. The maximum atomic E-state index is 11.5. The fourth-order valence-electron chi connectivity index (χ4n) is 1.99. The van der Waals surface area contributed by atoms with Crippen LogP contribution in [0.3, 0.4) is 0 Å². The quantitative estimate of drug-likeness (QED) is 0.736. The smallest absolute Gasteiger partial charge is 0.222 e. The Bertz CT molecular complexity index is 186. The van der Waals surface area contributed by atoms with Crippen molar-refractivity contribution in [3.8, 4) is 0 Å². The first-order chi connectivity index (χ1) is 6.61. The maximum absolute atomic E-state index is 11.5. The van der Waals surface area contributed by atoms with E-state index in [2.05, 4.69) is 12.2 Å². The first kappa shape index (κ1) is 11.5. The van der Waals surface area contributed by atoms with E-state index in [4.69, 9.17) is 0 Å². The van der Waals surface area contributed by atoms with Crippen LogP contribution in [-0.2, 0) is 4.79 Å². The van der Waals surface area contributed by atoms with Crippen LogP contribution in [0.25, 0.3) is 0 Å². The largest absolute Gasteiger partial charge is 0.349 e. The van der Waals surface area contributed by atoms with Crippen LogP contribution in [0.2, 0.25) is 0 Å². The number of carbonyl (C=O) groups excluding carboxylic acids is 1. The van der Waals surface area contributed by atoms with Crippen LogP contribution in [0.15, 0.2) is 0 Å². The van der Waals surface area contributed by atoms with Crippen molar-refractivity contribution in [2.75, 3.05) is 27.2 Å². The van der Waals surface area contributed by atoms with E-state index in [-0.39, 0.29) is 5.91 Å². The van der Waals surface area contributed by atoms with Gasteiger partial charge in [0.1, 0.15) is 0 Å². The number of amides is 1. The fraction of sp³-hybridized carbons (Fsp3) is 0.909. The van der Waals surface area contributed by atoms with Gasteiger partial charge in [0, 0.05) is 20.5 Å². The van der Waals surface area contributed by atoms with Gasteiger partial charge in [-0.1, -0.05) is 6.92 Å². The molecule has 0 aromatic rings. The Morgan fingerprint density at radius 3 is 2.79 bits per heavy atom. The molecule has 1 N–H and O–H groups in total. The van der Waals surface area contributed by atoms with Crippen LogP contribution < -0.4 is 5.32 Å². The molecule has 0 aromatic carbocycles. The molecule has 0 aliphatic carbocycles. The summed E-state index contributed by atoms with van der Waals surface area (Å²) in [6, 6.07) is 0. The van der Waals surface area contributed by atoms with Gasteiger partial charge < -0.3 is 10.2 Å². The molecule has 1 saturated heterocycles. The summed E-state index contributed by atoms with van der Waals surface area (Å²) in [6.45, 7) is 4.42. The molecule has 1 fully saturated rings. The maximum Gasteiger partial charge on any atom is 0.222 e. The summed E-state index contributed by atoms with van der Waals surface area (Å²) in [5.41, 5.74) is 0. The second-order valence-corrected chi connectivity index (χ2v) is 4.58. The summed E-state index contributed by atoms with van der Waals surface area (Å²) in [4.78, 5) is 13.2. The summed E-state index contributed by atoms with van der Waals surface area (Å²) in [7, 11) is 3.66. The Morgan fingerprint density at radius 1 is 1.57 bits per heavy atom. The summed E-state index contributed by atoms with van der Waals surface area (Å²) in [6.07, 6.45) is 3.22. The molecular formula is C11H22N2O. The zero-order valence-corrected chi connectivity index (χ0v) is 9.55. The van der Waals surface area contributed by atoms with Gasteiger partial charge in [-0.25, -0.2) is 0 Å². The minimum absolute atomic E-state index is 0.253. The minimum atomic E-state index is 0.253. The predicted molar refractivity (Wildman–Crippen MR) is 58.1 cm³/mol. The second-order valence-electron chi connectivity index (χ2n) is 4.58. The molecule has 1 amide bonds. The summed E-state index contributed by atoms with van der Waals surface area (Å²) in [5.74, 6) is 1.45. The number of rotatable bonds is 3. The Kier molecular flexibility index (Phi) is 4.39. The molecule has 0 spiro atoms. The first-order valence-corrected chi connectivity index (χ1v) is 5.52. The molecular weight excluding hydrogens is 176 g/mol. The molecule has 82 valence electrons. The lowest BCUT2D eigenvalue weighted by Crippen LogP contribution is -2.35. The lowest BCUT2D eigenvalue weighted by Gasteiger charge is -2.28. The lowest BCUT2D eigenvalue weighted by molar-refractivity contribution is -0.130. The van der Waals surface area contributed by atoms with Gasteiger partial charge in [-0.05, 0) is 37.8 Å². The van der Waals surface area contributed by atoms with E-state index in [1.54, 1.807) is 4.90 Å². The van der Waals surface area contributed by atoms with Gasteiger partial charge in [0.2, 0.25) is 5.91 Å². The van der Waals surface area contributed by atoms with Crippen molar-refractivity contribution in [2.45, 2.75) is 26.2 Å². The van der Waals surface area contributed by atoms with Crippen molar-refractivity contribution in [1.29, 1.82) is 0 Å². The van der Waals surface area contributed by atoms with Gasteiger partial charge in [-0.15, -0.1) is 0 Å². The minimum Gasteiger partial charge on any atom is -0.349 e. The molecule has 0 saturated carbocycles. The summed E-state index contributed by atoms with van der Waals surface area (Å²) < 4.78 is 0. The number of nitrogens with zero attached hydrogens (tertiary/aromatic N) is 1. The number of nitrogens with one attached hydrogen (secondary N) is 1. The highest BCUT2D eigenvalue weighted by Crippen LogP contribution is 2.22. The molecule has 1 rings (SSSR count). The van der Waals surface area contributed by atoms with E-state index >= 15 is 0 Å². The van der Waals surface area contributed by atoms with Crippen molar-refractivity contribution in [2.24, 2.45) is 11.8 Å². The Hall–Kier alpha value is -0.570. The number of carbonyl (C=O) groups is 1. The summed E-state index contributed by atoms with van der Waals surface area (Å²) in [5, 5.41) is 3.39. The predicted octanol–water partition coefficient (Wildman–Crippen LogP) is 1.10. The molecule has 2 atom stereocenters. The highest BCUT2D eigenvalue weighted by Gasteiger charge is 2.22. The van der Waals surface area contributed by atoms with Crippen LogP contribution in [-0.4, -0.2) is 38.0 Å². The molecule has 0 unspecified atom stereocenters. The SMILES string of the molecule is C[C@H](CC(=O)N(C)C)[C@@H]1CCCNC1. The highest BCUT2D eigenvalue weighted by molar-refractivity contribution is 5.75. The van der Waals surface area contributed by atoms with E-state index in [0.717, 1.165) is 13.1 Å². The third-order valence-electron chi connectivity index (χ3n) is 3.14. The lowest BCUT2D eigenvalue weighted by atomic mass is 9.85. The molecule has 0 aromatic heterocycles. The highest BCUT2D eigenvalue weighted by atomic mass is 16.2. The number of hydrogen-bond acceptors (Lipinski definition) is 2. The molecule has 0 radical (unpaired) electrons. The topological polar surface area (TPSA) is 32.3 Å². The molecule has 1 heterocycles. The van der Waals surface area contributed by atoms with Crippen molar-refractivity contribution in [3.05, 3.63) is 0 Å². The molecule has 3 heteroatoms.